The lowest BCUT2D eigenvalue weighted by atomic mass is 9.85. The van der Waals surface area contributed by atoms with E-state index in [2.05, 4.69) is 10.3 Å². The van der Waals surface area contributed by atoms with E-state index in [1.807, 2.05) is 17.3 Å². The van der Waals surface area contributed by atoms with E-state index in [4.69, 9.17) is 16.6 Å². The summed E-state index contributed by atoms with van der Waals surface area (Å²) in [5, 5.41) is 16.2. The molecule has 29 heavy (non-hydrogen) atoms. The van der Waals surface area contributed by atoms with Crippen LogP contribution in [-0.2, 0) is 4.79 Å². The van der Waals surface area contributed by atoms with Crippen LogP contribution >= 0.6 is 22.9 Å². The summed E-state index contributed by atoms with van der Waals surface area (Å²) in [4.78, 5) is 23.4. The summed E-state index contributed by atoms with van der Waals surface area (Å²) in [6.45, 7) is 1.64. The Hall–Kier alpha value is -2.29. The SMILES string of the molecule is CN1C(c2nccs2)=N[C@H](c2ccc(F)cc2Cl)C(C(=O)O)=C1C1CCNCC1. The Kier molecular flexibility index (Phi) is 5.67. The fraction of sp³-hybridized carbons (Fsp3) is 0.350. The molecule has 0 bridgehead atoms. The van der Waals surface area contributed by atoms with Crippen molar-refractivity contribution in [3.8, 4) is 0 Å². The lowest BCUT2D eigenvalue weighted by molar-refractivity contribution is -0.133. The molecule has 1 atom stereocenters. The normalized spacial score (nSPS) is 20.7. The van der Waals surface area contributed by atoms with Crippen molar-refractivity contribution < 1.29 is 14.3 Å². The minimum atomic E-state index is -1.04. The average Bonchev–Trinajstić information content (AvgIpc) is 3.23. The molecular formula is C20H20ClFN4O2S. The van der Waals surface area contributed by atoms with Crippen molar-refractivity contribution in [1.82, 2.24) is 15.2 Å². The molecule has 152 valence electrons. The molecule has 1 fully saturated rings. The zero-order chi connectivity index (χ0) is 20.5. The van der Waals surface area contributed by atoms with E-state index in [1.54, 1.807) is 6.20 Å². The number of aromatic nitrogens is 1. The summed E-state index contributed by atoms with van der Waals surface area (Å²) in [5.41, 5.74) is 1.39. The van der Waals surface area contributed by atoms with Crippen molar-refractivity contribution in [2.75, 3.05) is 20.1 Å². The highest BCUT2D eigenvalue weighted by molar-refractivity contribution is 7.11. The minimum absolute atomic E-state index is 0.0690. The molecule has 2 aliphatic rings. The number of benzene rings is 1. The van der Waals surface area contributed by atoms with Crippen LogP contribution in [0.1, 0.15) is 29.5 Å². The van der Waals surface area contributed by atoms with Gasteiger partial charge in [-0.3, -0.25) is 4.99 Å². The number of aliphatic imine (C=N–C) groups is 1. The second kappa shape index (κ2) is 8.22. The van der Waals surface area contributed by atoms with Crippen molar-refractivity contribution in [3.05, 3.63) is 62.5 Å². The van der Waals surface area contributed by atoms with Crippen LogP contribution in [0.3, 0.4) is 0 Å². The summed E-state index contributed by atoms with van der Waals surface area (Å²) >= 11 is 7.75. The molecule has 6 nitrogen and oxygen atoms in total. The number of piperidine rings is 1. The second-order valence-electron chi connectivity index (χ2n) is 7.05. The number of carboxylic acid groups (broad SMARTS) is 1. The van der Waals surface area contributed by atoms with E-state index in [9.17, 15) is 14.3 Å². The van der Waals surface area contributed by atoms with Gasteiger partial charge in [0.25, 0.3) is 0 Å². The third-order valence-corrected chi connectivity index (χ3v) is 6.41. The lowest BCUT2D eigenvalue weighted by Crippen LogP contribution is -2.41. The molecule has 4 rings (SSSR count). The summed E-state index contributed by atoms with van der Waals surface area (Å²) < 4.78 is 13.6. The number of amidine groups is 1. The van der Waals surface area contributed by atoms with Crippen LogP contribution in [0.4, 0.5) is 4.39 Å². The maximum absolute atomic E-state index is 13.6. The quantitative estimate of drug-likeness (QED) is 0.767. The first-order chi connectivity index (χ1) is 14.0. The molecule has 2 aliphatic heterocycles. The highest BCUT2D eigenvalue weighted by atomic mass is 35.5. The van der Waals surface area contributed by atoms with Crippen molar-refractivity contribution in [2.45, 2.75) is 18.9 Å². The second-order valence-corrected chi connectivity index (χ2v) is 8.35. The number of hydrogen-bond donors (Lipinski definition) is 2. The Morgan fingerprint density at radius 1 is 1.38 bits per heavy atom. The van der Waals surface area contributed by atoms with Crippen LogP contribution in [0.15, 0.2) is 46.0 Å². The largest absolute Gasteiger partial charge is 0.478 e. The van der Waals surface area contributed by atoms with E-state index >= 15 is 0 Å². The van der Waals surface area contributed by atoms with Gasteiger partial charge >= 0.3 is 5.97 Å². The summed E-state index contributed by atoms with van der Waals surface area (Å²) in [6, 6.07) is 3.15. The van der Waals surface area contributed by atoms with Gasteiger partial charge < -0.3 is 15.3 Å². The van der Waals surface area contributed by atoms with E-state index < -0.39 is 17.8 Å². The molecule has 0 radical (unpaired) electrons. The highest BCUT2D eigenvalue weighted by Crippen LogP contribution is 2.41. The van der Waals surface area contributed by atoms with Crippen molar-refractivity contribution in [3.63, 3.8) is 0 Å². The summed E-state index contributed by atoms with van der Waals surface area (Å²) in [7, 11) is 1.84. The van der Waals surface area contributed by atoms with Gasteiger partial charge in [0, 0.05) is 40.8 Å². The lowest BCUT2D eigenvalue weighted by Gasteiger charge is -2.38. The van der Waals surface area contributed by atoms with E-state index in [-0.39, 0.29) is 16.5 Å². The molecule has 1 aromatic heterocycles. The summed E-state index contributed by atoms with van der Waals surface area (Å²) in [5.74, 6) is -0.851. The molecule has 1 aromatic carbocycles. The maximum atomic E-state index is 13.6. The first kappa shape index (κ1) is 20.0. The molecule has 9 heteroatoms. The Balaban J connectivity index is 1.92. The molecule has 0 amide bonds. The molecule has 1 saturated heterocycles. The number of thiazole rings is 1. The topological polar surface area (TPSA) is 77.8 Å². The van der Waals surface area contributed by atoms with Crippen LogP contribution in [0.25, 0.3) is 0 Å². The number of carbonyl (C=O) groups is 1. The third-order valence-electron chi connectivity index (χ3n) is 5.32. The van der Waals surface area contributed by atoms with Crippen LogP contribution in [0.5, 0.6) is 0 Å². The fourth-order valence-electron chi connectivity index (χ4n) is 4.00. The van der Waals surface area contributed by atoms with Gasteiger partial charge in [0.1, 0.15) is 11.9 Å². The number of hydrogen-bond acceptors (Lipinski definition) is 6. The maximum Gasteiger partial charge on any atom is 0.335 e. The summed E-state index contributed by atoms with van der Waals surface area (Å²) in [6.07, 6.45) is 3.34. The van der Waals surface area contributed by atoms with Crippen LogP contribution in [0.2, 0.25) is 5.02 Å². The van der Waals surface area contributed by atoms with Crippen molar-refractivity contribution in [2.24, 2.45) is 10.9 Å². The number of carboxylic acids is 1. The average molecular weight is 435 g/mol. The molecule has 2 aromatic rings. The van der Waals surface area contributed by atoms with Gasteiger partial charge in [-0.15, -0.1) is 11.3 Å². The van der Waals surface area contributed by atoms with Crippen LogP contribution in [-0.4, -0.2) is 46.9 Å². The van der Waals surface area contributed by atoms with Crippen molar-refractivity contribution >= 4 is 34.7 Å². The minimum Gasteiger partial charge on any atom is -0.478 e. The predicted octanol–water partition coefficient (Wildman–Crippen LogP) is 3.71. The molecule has 3 heterocycles. The number of nitrogens with one attached hydrogen (secondary N) is 1. The number of nitrogens with zero attached hydrogens (tertiary/aromatic N) is 3. The smallest absolute Gasteiger partial charge is 0.335 e. The van der Waals surface area contributed by atoms with Gasteiger partial charge in [0.05, 0.1) is 5.57 Å². The Bertz CT molecular complexity index is 986. The first-order valence-corrected chi connectivity index (χ1v) is 10.6. The van der Waals surface area contributed by atoms with Gasteiger partial charge in [-0.2, -0.15) is 0 Å². The highest BCUT2D eigenvalue weighted by Gasteiger charge is 2.38. The Morgan fingerprint density at radius 3 is 2.76 bits per heavy atom. The van der Waals surface area contributed by atoms with E-state index in [1.165, 1.54) is 29.5 Å². The van der Waals surface area contributed by atoms with Crippen LogP contribution in [0, 0.1) is 11.7 Å². The molecule has 2 N–H and O–H groups in total. The zero-order valence-corrected chi connectivity index (χ0v) is 17.3. The van der Waals surface area contributed by atoms with Crippen molar-refractivity contribution in [1.29, 1.82) is 0 Å². The first-order valence-electron chi connectivity index (χ1n) is 9.31. The monoisotopic (exact) mass is 434 g/mol. The molecular weight excluding hydrogens is 415 g/mol. The van der Waals surface area contributed by atoms with Gasteiger partial charge in [0.2, 0.25) is 0 Å². The number of allylic oxidation sites excluding steroid dienone is 1. The molecule has 0 spiro atoms. The molecule has 0 unspecified atom stereocenters. The zero-order valence-electron chi connectivity index (χ0n) is 15.7. The Morgan fingerprint density at radius 2 is 2.14 bits per heavy atom. The van der Waals surface area contributed by atoms with Gasteiger partial charge in [-0.1, -0.05) is 17.7 Å². The Labute approximate surface area is 176 Å². The third kappa shape index (κ3) is 3.80. The fourth-order valence-corrected chi connectivity index (χ4v) is 4.94. The predicted molar refractivity (Wildman–Crippen MR) is 111 cm³/mol. The molecule has 0 saturated carbocycles. The number of aliphatic carboxylic acids is 1. The van der Waals surface area contributed by atoms with E-state index in [0.29, 0.717) is 16.4 Å². The van der Waals surface area contributed by atoms with Crippen LogP contribution < -0.4 is 5.32 Å². The standard InChI is InChI=1S/C20H20ClFN4O2S/c1-26-17(11-4-6-23-7-5-11)15(20(27)28)16(13-3-2-12(22)10-14(13)21)25-18(26)19-24-8-9-29-19/h2-3,8-11,16,23H,4-7H2,1H3,(H,27,28)/t16-/m1/s1. The van der Waals surface area contributed by atoms with E-state index in [0.717, 1.165) is 31.6 Å². The van der Waals surface area contributed by atoms with Gasteiger partial charge in [-0.25, -0.2) is 14.2 Å². The van der Waals surface area contributed by atoms with Gasteiger partial charge in [-0.05, 0) is 38.1 Å². The molecule has 0 aliphatic carbocycles. The van der Waals surface area contributed by atoms with Gasteiger partial charge in [0.15, 0.2) is 10.8 Å². The number of halogens is 2. The number of rotatable bonds is 4.